The van der Waals surface area contributed by atoms with Crippen LogP contribution in [0.5, 0.6) is 0 Å². The maximum atomic E-state index is 13.7. The lowest BCUT2D eigenvalue weighted by molar-refractivity contribution is -0.139. The van der Waals surface area contributed by atoms with Crippen LogP contribution in [0.25, 0.3) is 10.8 Å². The molecule has 0 saturated carbocycles. The van der Waals surface area contributed by atoms with E-state index in [4.69, 9.17) is 23.2 Å². The van der Waals surface area contributed by atoms with Gasteiger partial charge in [-0.15, -0.1) is 0 Å². The van der Waals surface area contributed by atoms with Gasteiger partial charge in [-0.2, -0.15) is 0 Å². The molecule has 0 aromatic heterocycles. The molecule has 3 amide bonds. The number of benzene rings is 3. The van der Waals surface area contributed by atoms with E-state index < -0.39 is 6.04 Å². The van der Waals surface area contributed by atoms with Crippen molar-refractivity contribution in [2.24, 2.45) is 0 Å². The van der Waals surface area contributed by atoms with Gasteiger partial charge in [0.15, 0.2) is 0 Å². The van der Waals surface area contributed by atoms with Crippen LogP contribution in [-0.4, -0.2) is 41.2 Å². The quantitative estimate of drug-likeness (QED) is 0.437. The van der Waals surface area contributed by atoms with E-state index in [1.54, 1.807) is 31.2 Å². The summed E-state index contributed by atoms with van der Waals surface area (Å²) in [4.78, 5) is 42.8. The lowest BCUT2D eigenvalue weighted by Gasteiger charge is -2.31. The number of hydrogen-bond donors (Lipinski definition) is 1. The number of halogens is 2. The first-order valence-corrected chi connectivity index (χ1v) is 12.3. The second-order valence-electron chi connectivity index (χ2n) is 8.84. The van der Waals surface area contributed by atoms with Gasteiger partial charge in [-0.25, -0.2) is 0 Å². The number of rotatable bonds is 8. The second-order valence-corrected chi connectivity index (χ2v) is 9.65. The fraction of sp³-hybridized carbons (Fsp3) is 0.296. The summed E-state index contributed by atoms with van der Waals surface area (Å²) < 4.78 is 0. The Labute approximate surface area is 214 Å². The first-order valence-electron chi connectivity index (χ1n) is 11.6. The van der Waals surface area contributed by atoms with Crippen LogP contribution in [0.1, 0.15) is 43.1 Å². The van der Waals surface area contributed by atoms with E-state index in [1.165, 1.54) is 9.80 Å². The Morgan fingerprint density at radius 2 is 1.74 bits per heavy atom. The van der Waals surface area contributed by atoms with Crippen LogP contribution in [0.3, 0.4) is 0 Å². The first kappa shape index (κ1) is 25.0. The number of nitrogens with zero attached hydrogens (tertiary/aromatic N) is 2. The van der Waals surface area contributed by atoms with Crippen LogP contribution in [-0.2, 0) is 16.1 Å². The van der Waals surface area contributed by atoms with Gasteiger partial charge in [0.25, 0.3) is 5.91 Å². The fourth-order valence-electron chi connectivity index (χ4n) is 4.25. The minimum atomic E-state index is -0.762. The van der Waals surface area contributed by atoms with Gasteiger partial charge in [0.05, 0.1) is 15.7 Å². The molecule has 0 saturated heterocycles. The third-order valence-electron chi connectivity index (χ3n) is 6.45. The van der Waals surface area contributed by atoms with Crippen molar-refractivity contribution in [3.8, 4) is 0 Å². The molecule has 0 fully saturated rings. The van der Waals surface area contributed by atoms with Crippen LogP contribution in [0.4, 0.5) is 5.69 Å². The predicted octanol–water partition coefficient (Wildman–Crippen LogP) is 5.44. The number of hydrogen-bond acceptors (Lipinski definition) is 3. The zero-order chi connectivity index (χ0) is 25.3. The molecule has 35 heavy (non-hydrogen) atoms. The minimum Gasteiger partial charge on any atom is -0.352 e. The highest BCUT2D eigenvalue weighted by molar-refractivity contribution is 6.42. The van der Waals surface area contributed by atoms with Crippen molar-refractivity contribution in [1.82, 2.24) is 10.2 Å². The van der Waals surface area contributed by atoms with Crippen LogP contribution in [0.15, 0.2) is 54.6 Å². The van der Waals surface area contributed by atoms with Crippen molar-refractivity contribution in [2.75, 3.05) is 11.4 Å². The summed E-state index contributed by atoms with van der Waals surface area (Å²) in [7, 11) is 0. The highest BCUT2D eigenvalue weighted by atomic mass is 35.5. The maximum absolute atomic E-state index is 13.7. The maximum Gasteiger partial charge on any atom is 0.259 e. The minimum absolute atomic E-state index is 0.0286. The fourth-order valence-corrected chi connectivity index (χ4v) is 4.57. The summed E-state index contributed by atoms with van der Waals surface area (Å²) in [5, 5.41) is 5.50. The molecule has 182 valence electrons. The van der Waals surface area contributed by atoms with Crippen LogP contribution in [0.2, 0.25) is 10.0 Å². The van der Waals surface area contributed by atoms with Gasteiger partial charge in [-0.3, -0.25) is 19.3 Å². The van der Waals surface area contributed by atoms with Gasteiger partial charge in [-0.1, -0.05) is 60.5 Å². The number of carbonyl (C=O) groups is 3. The zero-order valence-corrected chi connectivity index (χ0v) is 21.4. The Hall–Kier alpha value is -3.09. The van der Waals surface area contributed by atoms with E-state index in [2.05, 4.69) is 5.32 Å². The molecule has 0 spiro atoms. The molecule has 3 aromatic carbocycles. The number of nitrogens with one attached hydrogen (secondary N) is 1. The Bertz CT molecular complexity index is 1300. The summed E-state index contributed by atoms with van der Waals surface area (Å²) in [6, 6.07) is 15.5. The van der Waals surface area contributed by atoms with Gasteiger partial charge < -0.3 is 10.2 Å². The van der Waals surface area contributed by atoms with Crippen molar-refractivity contribution >= 4 is 57.4 Å². The van der Waals surface area contributed by atoms with E-state index >= 15 is 0 Å². The molecule has 1 aliphatic rings. The number of anilines is 1. The van der Waals surface area contributed by atoms with Gasteiger partial charge in [0.1, 0.15) is 12.6 Å². The topological polar surface area (TPSA) is 69.7 Å². The smallest absolute Gasteiger partial charge is 0.259 e. The Morgan fingerprint density at radius 1 is 1.03 bits per heavy atom. The predicted molar refractivity (Wildman–Crippen MR) is 140 cm³/mol. The van der Waals surface area contributed by atoms with Crippen LogP contribution in [0, 0.1) is 0 Å². The van der Waals surface area contributed by atoms with E-state index in [9.17, 15) is 14.4 Å². The van der Waals surface area contributed by atoms with Crippen molar-refractivity contribution in [3.63, 3.8) is 0 Å². The SMILES string of the molecule is CCC(C)NC(=O)C(C)N(Cc1ccc(Cl)c(Cl)c1)C(=O)CN1C(=O)c2cccc3cccc1c23. The molecular weight excluding hydrogens is 485 g/mol. The molecule has 0 bridgehead atoms. The average molecular weight is 512 g/mol. The molecule has 2 atom stereocenters. The summed E-state index contributed by atoms with van der Waals surface area (Å²) in [5.74, 6) is -0.830. The van der Waals surface area contributed by atoms with Crippen molar-refractivity contribution in [1.29, 1.82) is 0 Å². The van der Waals surface area contributed by atoms with Crippen LogP contribution >= 0.6 is 23.2 Å². The lowest BCUT2D eigenvalue weighted by Crippen LogP contribution is -2.52. The second kappa shape index (κ2) is 10.3. The third kappa shape index (κ3) is 5.00. The van der Waals surface area contributed by atoms with Gasteiger partial charge in [0.2, 0.25) is 11.8 Å². The summed E-state index contributed by atoms with van der Waals surface area (Å²) in [6.45, 7) is 5.54. The summed E-state index contributed by atoms with van der Waals surface area (Å²) in [6.07, 6.45) is 0.768. The first-order chi connectivity index (χ1) is 16.7. The molecular formula is C27H27Cl2N3O3. The Morgan fingerprint density at radius 3 is 2.43 bits per heavy atom. The van der Waals surface area contributed by atoms with Crippen molar-refractivity contribution < 1.29 is 14.4 Å². The van der Waals surface area contributed by atoms with E-state index in [0.717, 1.165) is 22.8 Å². The molecule has 2 unspecified atom stereocenters. The lowest BCUT2D eigenvalue weighted by atomic mass is 10.1. The Kier molecular flexibility index (Phi) is 7.33. The van der Waals surface area contributed by atoms with Crippen molar-refractivity contribution in [3.05, 3.63) is 75.8 Å². The zero-order valence-electron chi connectivity index (χ0n) is 19.8. The average Bonchev–Trinajstić information content (AvgIpc) is 3.12. The van der Waals surface area contributed by atoms with E-state index in [0.29, 0.717) is 21.3 Å². The third-order valence-corrected chi connectivity index (χ3v) is 7.19. The monoisotopic (exact) mass is 511 g/mol. The molecule has 4 rings (SSSR count). The molecule has 8 heteroatoms. The van der Waals surface area contributed by atoms with Gasteiger partial charge >= 0.3 is 0 Å². The molecule has 1 heterocycles. The highest BCUT2D eigenvalue weighted by Crippen LogP contribution is 2.37. The Balaban J connectivity index is 1.63. The number of carbonyl (C=O) groups excluding carboxylic acids is 3. The summed E-state index contributed by atoms with van der Waals surface area (Å²) in [5.41, 5.74) is 2.00. The van der Waals surface area contributed by atoms with Gasteiger partial charge in [0, 0.05) is 23.5 Å². The molecule has 1 aliphatic heterocycles. The molecule has 6 nitrogen and oxygen atoms in total. The largest absolute Gasteiger partial charge is 0.352 e. The van der Waals surface area contributed by atoms with Crippen molar-refractivity contribution in [2.45, 2.75) is 45.8 Å². The molecule has 0 radical (unpaired) electrons. The standard InChI is InChI=1S/C27H27Cl2N3O3/c1-4-16(2)30-26(34)17(3)31(14-18-11-12-21(28)22(29)13-18)24(33)15-32-23-10-6-8-19-7-5-9-20(25(19)23)27(32)35/h5-13,16-17H,4,14-15H2,1-3H3,(H,30,34). The molecule has 3 aromatic rings. The van der Waals surface area contributed by atoms with Gasteiger partial charge in [-0.05, 0) is 55.5 Å². The van der Waals surface area contributed by atoms with Crippen LogP contribution < -0.4 is 10.2 Å². The van der Waals surface area contributed by atoms with E-state index in [-0.39, 0.29) is 36.9 Å². The van der Waals surface area contributed by atoms with E-state index in [1.807, 2.05) is 44.2 Å². The number of amides is 3. The summed E-state index contributed by atoms with van der Waals surface area (Å²) >= 11 is 12.2. The highest BCUT2D eigenvalue weighted by Gasteiger charge is 2.34. The normalized spacial score (nSPS) is 14.2. The molecule has 1 N–H and O–H groups in total. The molecule has 0 aliphatic carbocycles.